The van der Waals surface area contributed by atoms with Gasteiger partial charge in [0, 0.05) is 10.6 Å². The van der Waals surface area contributed by atoms with Gasteiger partial charge >= 0.3 is 0 Å². The lowest BCUT2D eigenvalue weighted by Gasteiger charge is -2.08. The SMILES string of the molecule is CCc1sc(C(=O)Nc2ccc(OCc3ccccc3)cc2)cc1C. The number of benzene rings is 2. The number of amides is 1. The first-order valence-electron chi connectivity index (χ1n) is 8.33. The molecule has 1 heterocycles. The van der Waals surface area contributed by atoms with E-state index in [1.165, 1.54) is 10.4 Å². The Balaban J connectivity index is 1.59. The first kappa shape index (κ1) is 17.2. The number of rotatable bonds is 6. The standard InChI is InChI=1S/C21H21NO2S/c1-3-19-15(2)13-20(25-19)21(23)22-17-9-11-18(12-10-17)24-14-16-7-5-4-6-8-16/h4-13H,3,14H2,1-2H3,(H,22,23). The summed E-state index contributed by atoms with van der Waals surface area (Å²) >= 11 is 1.56. The van der Waals surface area contributed by atoms with Gasteiger partial charge in [-0.15, -0.1) is 11.3 Å². The summed E-state index contributed by atoms with van der Waals surface area (Å²) in [5.41, 5.74) is 3.07. The summed E-state index contributed by atoms with van der Waals surface area (Å²) in [6.07, 6.45) is 0.956. The average Bonchev–Trinajstić information content (AvgIpc) is 3.03. The lowest BCUT2D eigenvalue weighted by molar-refractivity contribution is 0.103. The van der Waals surface area contributed by atoms with Gasteiger partial charge in [0.25, 0.3) is 5.91 Å². The zero-order valence-corrected chi connectivity index (χ0v) is 15.2. The van der Waals surface area contributed by atoms with E-state index in [4.69, 9.17) is 4.74 Å². The lowest BCUT2D eigenvalue weighted by atomic mass is 10.2. The molecule has 3 nitrogen and oxygen atoms in total. The van der Waals surface area contributed by atoms with Crippen molar-refractivity contribution in [2.45, 2.75) is 26.9 Å². The summed E-state index contributed by atoms with van der Waals surface area (Å²) in [5, 5.41) is 2.94. The molecule has 1 N–H and O–H groups in total. The molecule has 3 rings (SSSR count). The van der Waals surface area contributed by atoms with Crippen LogP contribution >= 0.6 is 11.3 Å². The highest BCUT2D eigenvalue weighted by Crippen LogP contribution is 2.24. The van der Waals surface area contributed by atoms with Gasteiger partial charge in [0.05, 0.1) is 4.88 Å². The number of thiophene rings is 1. The zero-order chi connectivity index (χ0) is 17.6. The third-order valence-electron chi connectivity index (χ3n) is 3.93. The molecule has 25 heavy (non-hydrogen) atoms. The maximum atomic E-state index is 12.4. The fourth-order valence-electron chi connectivity index (χ4n) is 2.55. The Morgan fingerprint density at radius 1 is 1.08 bits per heavy atom. The first-order chi connectivity index (χ1) is 12.2. The Hall–Kier alpha value is -2.59. The van der Waals surface area contributed by atoms with Crippen LogP contribution in [0, 0.1) is 6.92 Å². The van der Waals surface area contributed by atoms with E-state index in [2.05, 4.69) is 12.2 Å². The molecule has 0 saturated carbocycles. The fourth-order valence-corrected chi connectivity index (χ4v) is 3.56. The summed E-state index contributed by atoms with van der Waals surface area (Å²) in [4.78, 5) is 14.4. The molecule has 0 aliphatic heterocycles. The molecule has 0 radical (unpaired) electrons. The van der Waals surface area contributed by atoms with Crippen molar-refractivity contribution in [3.8, 4) is 5.75 Å². The highest BCUT2D eigenvalue weighted by molar-refractivity contribution is 7.14. The van der Waals surface area contributed by atoms with Crippen molar-refractivity contribution < 1.29 is 9.53 Å². The summed E-state index contributed by atoms with van der Waals surface area (Å²) in [6.45, 7) is 4.68. The Morgan fingerprint density at radius 2 is 1.80 bits per heavy atom. The van der Waals surface area contributed by atoms with Crippen LogP contribution in [0.15, 0.2) is 60.7 Å². The van der Waals surface area contributed by atoms with E-state index in [-0.39, 0.29) is 5.91 Å². The molecule has 0 bridgehead atoms. The maximum absolute atomic E-state index is 12.4. The number of aryl methyl sites for hydroxylation is 2. The fraction of sp³-hybridized carbons (Fsp3) is 0.190. The lowest BCUT2D eigenvalue weighted by Crippen LogP contribution is -2.09. The molecule has 0 fully saturated rings. The number of hydrogen-bond acceptors (Lipinski definition) is 3. The van der Waals surface area contributed by atoms with Gasteiger partial charge in [-0.2, -0.15) is 0 Å². The topological polar surface area (TPSA) is 38.3 Å². The molecule has 0 saturated heterocycles. The number of nitrogens with one attached hydrogen (secondary N) is 1. The molecule has 0 aliphatic rings. The third kappa shape index (κ3) is 4.48. The van der Waals surface area contributed by atoms with Crippen LogP contribution in [0.4, 0.5) is 5.69 Å². The number of anilines is 1. The van der Waals surface area contributed by atoms with Crippen LogP contribution in [-0.2, 0) is 13.0 Å². The molecule has 0 aliphatic carbocycles. The second-order valence-corrected chi connectivity index (χ2v) is 6.96. The average molecular weight is 351 g/mol. The van der Waals surface area contributed by atoms with E-state index in [0.717, 1.165) is 28.3 Å². The minimum Gasteiger partial charge on any atom is -0.489 e. The van der Waals surface area contributed by atoms with Crippen LogP contribution in [0.3, 0.4) is 0 Å². The zero-order valence-electron chi connectivity index (χ0n) is 14.4. The van der Waals surface area contributed by atoms with Crippen LogP contribution in [-0.4, -0.2) is 5.91 Å². The van der Waals surface area contributed by atoms with Gasteiger partial charge in [0.15, 0.2) is 0 Å². The van der Waals surface area contributed by atoms with Crippen LogP contribution in [0.25, 0.3) is 0 Å². The van der Waals surface area contributed by atoms with E-state index >= 15 is 0 Å². The quantitative estimate of drug-likeness (QED) is 0.641. The number of carbonyl (C=O) groups is 1. The van der Waals surface area contributed by atoms with Crippen molar-refractivity contribution in [1.29, 1.82) is 0 Å². The summed E-state index contributed by atoms with van der Waals surface area (Å²) < 4.78 is 5.76. The minimum absolute atomic E-state index is 0.0641. The van der Waals surface area contributed by atoms with Gasteiger partial charge in [-0.25, -0.2) is 0 Å². The maximum Gasteiger partial charge on any atom is 0.265 e. The monoisotopic (exact) mass is 351 g/mol. The summed E-state index contributed by atoms with van der Waals surface area (Å²) in [6, 6.07) is 19.4. The first-order valence-corrected chi connectivity index (χ1v) is 9.15. The van der Waals surface area contributed by atoms with Crippen LogP contribution in [0.2, 0.25) is 0 Å². The molecule has 0 unspecified atom stereocenters. The van der Waals surface area contributed by atoms with Crippen molar-refractivity contribution in [3.63, 3.8) is 0 Å². The van der Waals surface area contributed by atoms with Crippen molar-refractivity contribution in [2.75, 3.05) is 5.32 Å². The van der Waals surface area contributed by atoms with E-state index < -0.39 is 0 Å². The van der Waals surface area contributed by atoms with Gasteiger partial charge in [-0.3, -0.25) is 4.79 Å². The van der Waals surface area contributed by atoms with E-state index in [1.807, 2.05) is 67.6 Å². The highest BCUT2D eigenvalue weighted by atomic mass is 32.1. The Kier molecular flexibility index (Phi) is 5.51. The van der Waals surface area contributed by atoms with Crippen molar-refractivity contribution in [1.82, 2.24) is 0 Å². The largest absolute Gasteiger partial charge is 0.489 e. The van der Waals surface area contributed by atoms with Crippen molar-refractivity contribution in [3.05, 3.63) is 81.5 Å². The molecule has 4 heteroatoms. The van der Waals surface area contributed by atoms with Gasteiger partial charge < -0.3 is 10.1 Å². The van der Waals surface area contributed by atoms with Crippen LogP contribution < -0.4 is 10.1 Å². The molecule has 128 valence electrons. The number of carbonyl (C=O) groups excluding carboxylic acids is 1. The highest BCUT2D eigenvalue weighted by Gasteiger charge is 2.11. The van der Waals surface area contributed by atoms with E-state index in [9.17, 15) is 4.79 Å². The molecular weight excluding hydrogens is 330 g/mol. The van der Waals surface area contributed by atoms with Gasteiger partial charge in [0.1, 0.15) is 12.4 Å². The Morgan fingerprint density at radius 3 is 2.44 bits per heavy atom. The summed E-state index contributed by atoms with van der Waals surface area (Å²) in [5.74, 6) is 0.716. The third-order valence-corrected chi connectivity index (χ3v) is 5.31. The number of ether oxygens (including phenoxy) is 1. The number of hydrogen-bond donors (Lipinski definition) is 1. The normalized spacial score (nSPS) is 10.5. The predicted octanol–water partition coefficient (Wildman–Crippen LogP) is 5.45. The molecule has 0 spiro atoms. The molecule has 0 atom stereocenters. The Labute approximate surface area is 152 Å². The van der Waals surface area contributed by atoms with Crippen molar-refractivity contribution in [2.24, 2.45) is 0 Å². The van der Waals surface area contributed by atoms with Crippen LogP contribution in [0.5, 0.6) is 5.75 Å². The molecular formula is C21H21NO2S. The van der Waals surface area contributed by atoms with E-state index in [0.29, 0.717) is 6.61 Å². The molecule has 3 aromatic rings. The van der Waals surface area contributed by atoms with Crippen LogP contribution in [0.1, 0.15) is 32.6 Å². The second-order valence-electron chi connectivity index (χ2n) is 5.82. The molecule has 1 amide bonds. The molecule has 1 aromatic heterocycles. The summed E-state index contributed by atoms with van der Waals surface area (Å²) in [7, 11) is 0. The Bertz CT molecular complexity index is 838. The molecule has 2 aromatic carbocycles. The van der Waals surface area contributed by atoms with Crippen molar-refractivity contribution >= 4 is 22.9 Å². The van der Waals surface area contributed by atoms with Gasteiger partial charge in [-0.05, 0) is 54.8 Å². The smallest absolute Gasteiger partial charge is 0.265 e. The van der Waals surface area contributed by atoms with Gasteiger partial charge in [-0.1, -0.05) is 37.3 Å². The van der Waals surface area contributed by atoms with Gasteiger partial charge in [0.2, 0.25) is 0 Å². The van der Waals surface area contributed by atoms with E-state index in [1.54, 1.807) is 11.3 Å². The second kappa shape index (κ2) is 7.99. The predicted molar refractivity (Wildman–Crippen MR) is 104 cm³/mol. The minimum atomic E-state index is -0.0641.